The average molecular weight is 502 g/mol. The van der Waals surface area contributed by atoms with Crippen molar-refractivity contribution in [1.29, 1.82) is 0 Å². The number of likely N-dealkylation sites (N-methyl/N-ethyl adjacent to an activating group) is 1. The third-order valence-electron chi connectivity index (χ3n) is 7.58. The number of carbonyl (C=O) groups excluding carboxylic acids is 3. The third kappa shape index (κ3) is 3.11. The summed E-state index contributed by atoms with van der Waals surface area (Å²) in [6.45, 7) is 4.22. The van der Waals surface area contributed by atoms with Crippen LogP contribution < -0.4 is 4.90 Å². The summed E-state index contributed by atoms with van der Waals surface area (Å²) in [7, 11) is 1.74. The fourth-order valence-corrected chi connectivity index (χ4v) is 8.41. The van der Waals surface area contributed by atoms with Gasteiger partial charge in [0.15, 0.2) is 0 Å². The number of rotatable bonds is 3. The Morgan fingerprint density at radius 3 is 2.50 bits per heavy atom. The molecular weight excluding hydrogens is 474 g/mol. The minimum absolute atomic E-state index is 0.0967. The number of thioether (sulfide) groups is 1. The van der Waals surface area contributed by atoms with Gasteiger partial charge in [-0.15, -0.1) is 11.8 Å². The van der Waals surface area contributed by atoms with E-state index in [-0.39, 0.29) is 24.3 Å². The maximum Gasteiger partial charge on any atom is 0.251 e. The number of aliphatic hydroxyl groups excluding tert-OH is 1. The van der Waals surface area contributed by atoms with Gasteiger partial charge in [-0.3, -0.25) is 14.4 Å². The molecule has 7 nitrogen and oxygen atoms in total. The summed E-state index contributed by atoms with van der Waals surface area (Å²) in [5.74, 6) is -1.95. The van der Waals surface area contributed by atoms with E-state index in [2.05, 4.69) is 0 Å². The van der Waals surface area contributed by atoms with E-state index < -0.39 is 33.4 Å². The second kappa shape index (κ2) is 8.14. The fraction of sp³-hybridized carbons (Fsp3) is 0.480. The summed E-state index contributed by atoms with van der Waals surface area (Å²) in [4.78, 5) is 46.6. The molecule has 4 aliphatic heterocycles. The predicted molar refractivity (Wildman–Crippen MR) is 133 cm³/mol. The minimum atomic E-state index is -0.939. The zero-order valence-electron chi connectivity index (χ0n) is 19.3. The number of nitrogens with zero attached hydrogens (tertiary/aromatic N) is 3. The van der Waals surface area contributed by atoms with Crippen molar-refractivity contribution in [3.05, 3.63) is 53.6 Å². The predicted octanol–water partition coefficient (Wildman–Crippen LogP) is 2.34. The first kappa shape index (κ1) is 23.5. The number of likely N-dealkylation sites (tertiary alicyclic amines) is 1. The lowest BCUT2D eigenvalue weighted by molar-refractivity contribution is -0.144. The summed E-state index contributed by atoms with van der Waals surface area (Å²) in [6, 6.07) is 5.68. The molecule has 3 amide bonds. The molecule has 5 rings (SSSR count). The molecule has 0 aliphatic carbocycles. The van der Waals surface area contributed by atoms with Crippen molar-refractivity contribution in [2.45, 2.75) is 35.4 Å². The van der Waals surface area contributed by atoms with Crippen LogP contribution in [0.2, 0.25) is 5.02 Å². The third-order valence-corrected chi connectivity index (χ3v) is 9.69. The van der Waals surface area contributed by atoms with Crippen LogP contribution in [0.5, 0.6) is 0 Å². The Kier molecular flexibility index (Phi) is 5.61. The number of benzene rings is 1. The molecule has 9 heteroatoms. The molecule has 2 fully saturated rings. The first-order valence-electron chi connectivity index (χ1n) is 11.5. The summed E-state index contributed by atoms with van der Waals surface area (Å²) >= 11 is 7.98. The van der Waals surface area contributed by atoms with Gasteiger partial charge in [0.05, 0.1) is 39.9 Å². The van der Waals surface area contributed by atoms with Crippen LogP contribution in [0.15, 0.2) is 48.6 Å². The van der Waals surface area contributed by atoms with E-state index in [4.69, 9.17) is 11.6 Å². The van der Waals surface area contributed by atoms with E-state index in [1.807, 2.05) is 37.3 Å². The number of para-hydroxylation sites is 1. The molecule has 4 aliphatic rings. The Morgan fingerprint density at radius 2 is 1.79 bits per heavy atom. The molecule has 1 spiro atoms. The van der Waals surface area contributed by atoms with Gasteiger partial charge in [-0.2, -0.15) is 0 Å². The topological polar surface area (TPSA) is 81.2 Å². The van der Waals surface area contributed by atoms with E-state index in [0.29, 0.717) is 23.8 Å². The molecule has 6 atom stereocenters. The van der Waals surface area contributed by atoms with Gasteiger partial charge in [-0.25, -0.2) is 0 Å². The van der Waals surface area contributed by atoms with Gasteiger partial charge in [0.1, 0.15) is 6.04 Å². The van der Waals surface area contributed by atoms with Crippen LogP contribution in [0.3, 0.4) is 0 Å². The zero-order chi connectivity index (χ0) is 24.4. The molecule has 0 radical (unpaired) electrons. The Labute approximate surface area is 208 Å². The highest BCUT2D eigenvalue weighted by Gasteiger charge is 2.74. The lowest BCUT2D eigenvalue weighted by Crippen LogP contribution is -2.56. The lowest BCUT2D eigenvalue weighted by Gasteiger charge is -2.38. The number of hydrogen-bond donors (Lipinski definition) is 1. The number of fused-ring (bicyclic) bond motifs is 2. The number of amides is 3. The van der Waals surface area contributed by atoms with Crippen molar-refractivity contribution < 1.29 is 19.5 Å². The molecule has 0 bridgehead atoms. The molecule has 0 saturated carbocycles. The SMILES string of the molecule is C[C@H](CO)N1C(=O)[C@@H]2[C@H]3C(=O)N(C)CC=C[C@@]3(C)S[C@@]23C=CCN(c2ccccc2Cl)C(=O)C13. The van der Waals surface area contributed by atoms with Crippen molar-refractivity contribution in [2.75, 3.05) is 31.6 Å². The van der Waals surface area contributed by atoms with Gasteiger partial charge < -0.3 is 19.8 Å². The molecule has 4 heterocycles. The van der Waals surface area contributed by atoms with E-state index in [1.54, 1.807) is 42.0 Å². The maximum absolute atomic E-state index is 14.2. The average Bonchev–Trinajstić information content (AvgIpc) is 3.09. The van der Waals surface area contributed by atoms with Crippen molar-refractivity contribution in [3.63, 3.8) is 0 Å². The van der Waals surface area contributed by atoms with Gasteiger partial charge in [-0.05, 0) is 26.0 Å². The summed E-state index contributed by atoms with van der Waals surface area (Å²) in [5.41, 5.74) is 0.572. The molecule has 0 aromatic heterocycles. The highest BCUT2D eigenvalue weighted by molar-refractivity contribution is 8.02. The minimum Gasteiger partial charge on any atom is -0.394 e. The molecule has 1 unspecified atom stereocenters. The monoisotopic (exact) mass is 501 g/mol. The zero-order valence-corrected chi connectivity index (χ0v) is 20.9. The number of hydrogen-bond acceptors (Lipinski definition) is 5. The Balaban J connectivity index is 1.69. The highest BCUT2D eigenvalue weighted by atomic mass is 35.5. The smallest absolute Gasteiger partial charge is 0.251 e. The van der Waals surface area contributed by atoms with Gasteiger partial charge in [0.2, 0.25) is 11.8 Å². The number of carbonyl (C=O) groups is 3. The van der Waals surface area contributed by atoms with Crippen LogP contribution in [0.25, 0.3) is 0 Å². The quantitative estimate of drug-likeness (QED) is 0.643. The summed E-state index contributed by atoms with van der Waals surface area (Å²) in [5, 5.41) is 10.5. The fourth-order valence-electron chi connectivity index (χ4n) is 6.03. The molecule has 180 valence electrons. The van der Waals surface area contributed by atoms with Crippen LogP contribution in [-0.4, -0.2) is 80.9 Å². The van der Waals surface area contributed by atoms with Crippen LogP contribution in [0.1, 0.15) is 13.8 Å². The van der Waals surface area contributed by atoms with Gasteiger partial charge >= 0.3 is 0 Å². The molecule has 2 saturated heterocycles. The van der Waals surface area contributed by atoms with Gasteiger partial charge in [0.25, 0.3) is 5.91 Å². The van der Waals surface area contributed by atoms with Crippen molar-refractivity contribution >= 4 is 46.8 Å². The van der Waals surface area contributed by atoms with Crippen LogP contribution >= 0.6 is 23.4 Å². The maximum atomic E-state index is 14.2. The van der Waals surface area contributed by atoms with E-state index in [0.717, 1.165) is 0 Å². The standard InChI is InChI=1S/C25H28ClN3O4S/c1-15(14-30)29-20-23(33)28(17-9-5-4-8-16(17)26)13-7-11-25(20)19(22(29)32)18-21(31)27(3)12-6-10-24(18,2)34-25/h4-11,15,18-20,30H,12-14H2,1-3H3/t15-,18+,19+,20?,24-,25+/m1/s1. The Morgan fingerprint density at radius 1 is 1.09 bits per heavy atom. The van der Waals surface area contributed by atoms with Crippen molar-refractivity contribution in [2.24, 2.45) is 11.8 Å². The Hall–Kier alpha value is -2.29. The molecular formula is C25H28ClN3O4S. The molecule has 1 aromatic carbocycles. The van der Waals surface area contributed by atoms with E-state index in [9.17, 15) is 19.5 Å². The largest absolute Gasteiger partial charge is 0.394 e. The first-order valence-corrected chi connectivity index (χ1v) is 12.6. The second-order valence-corrected chi connectivity index (χ2v) is 11.9. The van der Waals surface area contributed by atoms with Crippen LogP contribution in [0, 0.1) is 11.8 Å². The molecule has 1 N–H and O–H groups in total. The number of halogens is 1. The first-order chi connectivity index (χ1) is 16.2. The number of aliphatic hydroxyl groups is 1. The van der Waals surface area contributed by atoms with Crippen molar-refractivity contribution in [3.8, 4) is 0 Å². The van der Waals surface area contributed by atoms with Crippen LogP contribution in [-0.2, 0) is 14.4 Å². The number of anilines is 1. The highest BCUT2D eigenvalue weighted by Crippen LogP contribution is 2.65. The summed E-state index contributed by atoms with van der Waals surface area (Å²) < 4.78 is -1.58. The Bertz CT molecular complexity index is 1130. The van der Waals surface area contributed by atoms with Gasteiger partial charge in [-0.1, -0.05) is 48.0 Å². The lowest BCUT2D eigenvalue weighted by atomic mass is 9.74. The van der Waals surface area contributed by atoms with Crippen molar-refractivity contribution in [1.82, 2.24) is 9.80 Å². The van der Waals surface area contributed by atoms with E-state index >= 15 is 0 Å². The summed E-state index contributed by atoms with van der Waals surface area (Å²) in [6.07, 6.45) is 7.86. The molecule has 34 heavy (non-hydrogen) atoms. The van der Waals surface area contributed by atoms with Gasteiger partial charge in [0, 0.05) is 24.9 Å². The normalized spacial score (nSPS) is 35.7. The second-order valence-electron chi connectivity index (χ2n) is 9.70. The van der Waals surface area contributed by atoms with E-state index in [1.165, 1.54) is 16.7 Å². The molecule has 1 aromatic rings. The van der Waals surface area contributed by atoms with Crippen LogP contribution in [0.4, 0.5) is 5.69 Å².